The molecule has 1 N–H and O–H groups in total. The first-order valence-electron chi connectivity index (χ1n) is 6.13. The Morgan fingerprint density at radius 3 is 2.53 bits per heavy atom. The third-order valence-electron chi connectivity index (χ3n) is 2.91. The SMILES string of the molecule is CC(CNCc1ccco1)S(=O)(=O)c1ccccc1. The maximum Gasteiger partial charge on any atom is 0.182 e. The highest BCUT2D eigenvalue weighted by atomic mass is 32.2. The molecule has 0 bridgehead atoms. The molecule has 0 radical (unpaired) electrons. The predicted molar refractivity (Wildman–Crippen MR) is 73.5 cm³/mol. The van der Waals surface area contributed by atoms with Crippen LogP contribution < -0.4 is 5.32 Å². The zero-order chi connectivity index (χ0) is 13.7. The molecule has 5 heteroatoms. The summed E-state index contributed by atoms with van der Waals surface area (Å²) in [5, 5.41) is 2.61. The Hall–Kier alpha value is -1.59. The third-order valence-corrected chi connectivity index (χ3v) is 5.07. The summed E-state index contributed by atoms with van der Waals surface area (Å²) in [7, 11) is -3.27. The van der Waals surface area contributed by atoms with Gasteiger partial charge < -0.3 is 9.73 Å². The fourth-order valence-electron chi connectivity index (χ4n) is 1.76. The number of nitrogens with one attached hydrogen (secondary N) is 1. The quantitative estimate of drug-likeness (QED) is 0.881. The molecule has 1 atom stereocenters. The smallest absolute Gasteiger partial charge is 0.182 e. The summed E-state index contributed by atoms with van der Waals surface area (Å²) in [6.07, 6.45) is 1.60. The Balaban J connectivity index is 1.94. The van der Waals surface area contributed by atoms with Crippen LogP contribution in [0.2, 0.25) is 0 Å². The maximum absolute atomic E-state index is 12.3. The second-order valence-electron chi connectivity index (χ2n) is 4.38. The van der Waals surface area contributed by atoms with Crippen LogP contribution in [0.1, 0.15) is 12.7 Å². The van der Waals surface area contributed by atoms with Gasteiger partial charge in [0.05, 0.1) is 23.0 Å². The minimum absolute atomic E-state index is 0.363. The van der Waals surface area contributed by atoms with Gasteiger partial charge in [-0.15, -0.1) is 0 Å². The van der Waals surface area contributed by atoms with Gasteiger partial charge >= 0.3 is 0 Å². The van der Waals surface area contributed by atoms with E-state index in [1.54, 1.807) is 49.6 Å². The largest absolute Gasteiger partial charge is 0.468 e. The summed E-state index contributed by atoms with van der Waals surface area (Å²) < 4.78 is 29.7. The minimum Gasteiger partial charge on any atom is -0.468 e. The molecule has 0 saturated carbocycles. The van der Waals surface area contributed by atoms with Gasteiger partial charge in [0.2, 0.25) is 0 Å². The van der Waals surface area contributed by atoms with E-state index >= 15 is 0 Å². The summed E-state index contributed by atoms with van der Waals surface area (Å²) in [4.78, 5) is 0.363. The topological polar surface area (TPSA) is 59.3 Å². The Labute approximate surface area is 113 Å². The number of rotatable bonds is 6. The predicted octanol–water partition coefficient (Wildman–Crippen LogP) is 2.23. The van der Waals surface area contributed by atoms with Crippen LogP contribution >= 0.6 is 0 Å². The Morgan fingerprint density at radius 1 is 1.16 bits per heavy atom. The molecule has 1 aromatic heterocycles. The van der Waals surface area contributed by atoms with Crippen LogP contribution in [0.5, 0.6) is 0 Å². The molecule has 0 aliphatic carbocycles. The zero-order valence-electron chi connectivity index (χ0n) is 10.7. The van der Waals surface area contributed by atoms with E-state index in [0.717, 1.165) is 5.76 Å². The fourth-order valence-corrected chi connectivity index (χ4v) is 3.10. The molecule has 0 aliphatic heterocycles. The summed E-state index contributed by atoms with van der Waals surface area (Å²) in [5.74, 6) is 0.796. The minimum atomic E-state index is -3.27. The van der Waals surface area contributed by atoms with Crippen molar-refractivity contribution in [1.82, 2.24) is 5.32 Å². The molecule has 4 nitrogen and oxygen atoms in total. The lowest BCUT2D eigenvalue weighted by atomic mass is 10.4. The number of hydrogen-bond donors (Lipinski definition) is 1. The van der Waals surface area contributed by atoms with Gasteiger partial charge in [-0.05, 0) is 31.2 Å². The van der Waals surface area contributed by atoms with E-state index in [0.29, 0.717) is 18.0 Å². The van der Waals surface area contributed by atoms with Crippen molar-refractivity contribution in [2.75, 3.05) is 6.54 Å². The monoisotopic (exact) mass is 279 g/mol. The van der Waals surface area contributed by atoms with Gasteiger partial charge in [-0.1, -0.05) is 18.2 Å². The average molecular weight is 279 g/mol. The molecule has 102 valence electrons. The lowest BCUT2D eigenvalue weighted by Crippen LogP contribution is -2.30. The van der Waals surface area contributed by atoms with Gasteiger partial charge in [-0.25, -0.2) is 8.42 Å². The molecule has 0 fully saturated rings. The number of hydrogen-bond acceptors (Lipinski definition) is 4. The summed E-state index contributed by atoms with van der Waals surface area (Å²) >= 11 is 0. The Kier molecular flexibility index (Phi) is 4.39. The molecular weight excluding hydrogens is 262 g/mol. The Bertz CT molecular complexity index is 591. The maximum atomic E-state index is 12.3. The van der Waals surface area contributed by atoms with E-state index in [4.69, 9.17) is 4.42 Å². The van der Waals surface area contributed by atoms with Gasteiger partial charge in [-0.2, -0.15) is 0 Å². The van der Waals surface area contributed by atoms with Gasteiger partial charge in [0.25, 0.3) is 0 Å². The molecule has 2 aromatic rings. The lowest BCUT2D eigenvalue weighted by molar-refractivity contribution is 0.481. The first kappa shape index (κ1) is 13.8. The molecule has 0 aliphatic rings. The van der Waals surface area contributed by atoms with Crippen molar-refractivity contribution < 1.29 is 12.8 Å². The van der Waals surface area contributed by atoms with Crippen molar-refractivity contribution in [2.45, 2.75) is 23.6 Å². The summed E-state index contributed by atoms with van der Waals surface area (Å²) in [6, 6.07) is 12.2. The standard InChI is InChI=1S/C14H17NO3S/c1-12(10-15-11-13-6-5-9-18-13)19(16,17)14-7-3-2-4-8-14/h2-9,12,15H,10-11H2,1H3. The molecule has 2 rings (SSSR count). The molecule has 19 heavy (non-hydrogen) atoms. The van der Waals surface area contributed by atoms with Gasteiger partial charge in [0.1, 0.15) is 5.76 Å². The van der Waals surface area contributed by atoms with Crippen LogP contribution in [-0.2, 0) is 16.4 Å². The first-order valence-corrected chi connectivity index (χ1v) is 7.67. The van der Waals surface area contributed by atoms with E-state index in [-0.39, 0.29) is 0 Å². The van der Waals surface area contributed by atoms with E-state index in [1.165, 1.54) is 0 Å². The molecule has 0 saturated heterocycles. The van der Waals surface area contributed by atoms with Crippen LogP contribution in [-0.4, -0.2) is 20.2 Å². The fraction of sp³-hybridized carbons (Fsp3) is 0.286. The average Bonchev–Trinajstić information content (AvgIpc) is 2.93. The van der Waals surface area contributed by atoms with Crippen molar-refractivity contribution in [3.63, 3.8) is 0 Å². The van der Waals surface area contributed by atoms with Gasteiger partial charge in [0, 0.05) is 6.54 Å². The zero-order valence-corrected chi connectivity index (χ0v) is 11.6. The van der Waals surface area contributed by atoms with E-state index < -0.39 is 15.1 Å². The van der Waals surface area contributed by atoms with Crippen molar-refractivity contribution in [3.05, 3.63) is 54.5 Å². The van der Waals surface area contributed by atoms with Crippen molar-refractivity contribution >= 4 is 9.84 Å². The molecular formula is C14H17NO3S. The van der Waals surface area contributed by atoms with E-state index in [2.05, 4.69) is 5.32 Å². The van der Waals surface area contributed by atoms with Crippen LogP contribution in [0, 0.1) is 0 Å². The van der Waals surface area contributed by atoms with E-state index in [9.17, 15) is 8.42 Å². The molecule has 1 aromatic carbocycles. The van der Waals surface area contributed by atoms with Crippen molar-refractivity contribution in [1.29, 1.82) is 0 Å². The van der Waals surface area contributed by atoms with Crippen LogP contribution in [0.4, 0.5) is 0 Å². The summed E-state index contributed by atoms with van der Waals surface area (Å²) in [5.41, 5.74) is 0. The number of sulfone groups is 1. The normalized spacial score (nSPS) is 13.3. The molecule has 1 heterocycles. The second-order valence-corrected chi connectivity index (χ2v) is 6.75. The number of benzene rings is 1. The number of furan rings is 1. The molecule has 0 amide bonds. The molecule has 1 unspecified atom stereocenters. The van der Waals surface area contributed by atoms with E-state index in [1.807, 2.05) is 6.07 Å². The van der Waals surface area contributed by atoms with Crippen molar-refractivity contribution in [2.24, 2.45) is 0 Å². The first-order chi connectivity index (χ1) is 9.10. The van der Waals surface area contributed by atoms with Gasteiger partial charge in [-0.3, -0.25) is 0 Å². The highest BCUT2D eigenvalue weighted by Crippen LogP contribution is 2.15. The highest BCUT2D eigenvalue weighted by Gasteiger charge is 2.22. The van der Waals surface area contributed by atoms with Crippen LogP contribution in [0.15, 0.2) is 58.0 Å². The van der Waals surface area contributed by atoms with Crippen LogP contribution in [0.3, 0.4) is 0 Å². The summed E-state index contributed by atoms with van der Waals surface area (Å²) in [6.45, 7) is 2.62. The Morgan fingerprint density at radius 2 is 1.89 bits per heavy atom. The highest BCUT2D eigenvalue weighted by molar-refractivity contribution is 7.92. The molecule has 0 spiro atoms. The van der Waals surface area contributed by atoms with Crippen molar-refractivity contribution in [3.8, 4) is 0 Å². The van der Waals surface area contributed by atoms with Gasteiger partial charge in [0.15, 0.2) is 9.84 Å². The van der Waals surface area contributed by atoms with Crippen LogP contribution in [0.25, 0.3) is 0 Å². The third kappa shape index (κ3) is 3.45. The lowest BCUT2D eigenvalue weighted by Gasteiger charge is -2.13. The second kappa shape index (κ2) is 6.04.